The van der Waals surface area contributed by atoms with Crippen molar-refractivity contribution in [2.24, 2.45) is 0 Å². The van der Waals surface area contributed by atoms with E-state index in [1.54, 1.807) is 34.6 Å². The molecule has 2 unspecified atom stereocenters. The Kier molecular flexibility index (Phi) is 18.3. The molecule has 0 aromatic heterocycles. The van der Waals surface area contributed by atoms with E-state index in [2.05, 4.69) is 19.2 Å². The first-order valence-corrected chi connectivity index (χ1v) is 16.5. The minimum absolute atomic E-state index is 0.104. The topological polar surface area (TPSA) is 94.2 Å². The largest absolute Gasteiger partial charge is 0.462 e. The van der Waals surface area contributed by atoms with Crippen LogP contribution in [0, 0.1) is 0 Å². The van der Waals surface area contributed by atoms with Gasteiger partial charge in [-0.2, -0.15) is 0 Å². The van der Waals surface area contributed by atoms with Gasteiger partial charge in [0.05, 0.1) is 6.61 Å². The number of rotatable bonds is 21. The minimum Gasteiger partial charge on any atom is -0.462 e. The van der Waals surface area contributed by atoms with Gasteiger partial charge in [-0.05, 0) is 53.9 Å². The van der Waals surface area contributed by atoms with Gasteiger partial charge in [0.2, 0.25) is 5.91 Å². The molecule has 1 saturated heterocycles. The molecule has 1 heterocycles. The van der Waals surface area contributed by atoms with E-state index >= 15 is 0 Å². The van der Waals surface area contributed by atoms with Gasteiger partial charge in [0.25, 0.3) is 0 Å². The standard InChI is InChI=1S/C33H62N2O6/c1-8-10-12-14-15-16-17-19-21-23-29(36)40-27(22-20-18-13-11-9-2)24-25-34-30(37)28-26-39-33(6,7)35(28)31(38)41-32(3,4)5/h27-28H,8-26H2,1-7H3,(H,34,37). The molecule has 0 saturated carbocycles. The SMILES string of the molecule is CCCCCCCCCCCC(=O)OC(CCCCCCC)CCNC(=O)C1COC(C)(C)N1C(=O)OC(C)(C)C. The number of carbonyl (C=O) groups excluding carboxylic acids is 3. The number of ether oxygens (including phenoxy) is 3. The molecule has 0 aromatic rings. The van der Waals surface area contributed by atoms with Crippen molar-refractivity contribution in [1.29, 1.82) is 0 Å². The van der Waals surface area contributed by atoms with Crippen LogP contribution in [0.25, 0.3) is 0 Å². The number of hydrogen-bond donors (Lipinski definition) is 1. The molecule has 0 bridgehead atoms. The molecule has 1 fully saturated rings. The first-order chi connectivity index (χ1) is 19.4. The van der Waals surface area contributed by atoms with Gasteiger partial charge in [-0.3, -0.25) is 14.5 Å². The second-order valence-electron chi connectivity index (χ2n) is 13.1. The monoisotopic (exact) mass is 582 g/mol. The maximum atomic E-state index is 13.1. The maximum Gasteiger partial charge on any atom is 0.413 e. The lowest BCUT2D eigenvalue weighted by Crippen LogP contribution is -2.54. The molecule has 0 aliphatic carbocycles. The molecule has 8 heteroatoms. The van der Waals surface area contributed by atoms with Crippen molar-refractivity contribution < 1.29 is 28.6 Å². The number of hydrogen-bond acceptors (Lipinski definition) is 6. The second-order valence-corrected chi connectivity index (χ2v) is 13.1. The predicted molar refractivity (Wildman–Crippen MR) is 165 cm³/mol. The van der Waals surface area contributed by atoms with Crippen molar-refractivity contribution in [2.75, 3.05) is 13.2 Å². The van der Waals surface area contributed by atoms with Gasteiger partial charge in [-0.1, -0.05) is 90.9 Å². The fourth-order valence-electron chi connectivity index (χ4n) is 5.19. The summed E-state index contributed by atoms with van der Waals surface area (Å²) in [4.78, 5) is 40.0. The van der Waals surface area contributed by atoms with Crippen LogP contribution in [0.5, 0.6) is 0 Å². The van der Waals surface area contributed by atoms with Crippen molar-refractivity contribution in [2.45, 2.75) is 181 Å². The Hall–Kier alpha value is -1.83. The van der Waals surface area contributed by atoms with Crippen LogP contribution >= 0.6 is 0 Å². The number of esters is 1. The van der Waals surface area contributed by atoms with E-state index in [1.807, 2.05) is 0 Å². The van der Waals surface area contributed by atoms with E-state index in [0.717, 1.165) is 32.1 Å². The van der Waals surface area contributed by atoms with Crippen LogP contribution in [0.1, 0.15) is 158 Å². The van der Waals surface area contributed by atoms with E-state index in [9.17, 15) is 14.4 Å². The zero-order valence-corrected chi connectivity index (χ0v) is 27.5. The van der Waals surface area contributed by atoms with E-state index < -0.39 is 23.5 Å². The molecule has 1 aliphatic heterocycles. The predicted octanol–water partition coefficient (Wildman–Crippen LogP) is 8.06. The number of amides is 2. The summed E-state index contributed by atoms with van der Waals surface area (Å²) < 4.78 is 17.2. The first-order valence-electron chi connectivity index (χ1n) is 16.5. The van der Waals surface area contributed by atoms with Crippen LogP contribution in [-0.4, -0.2) is 59.5 Å². The maximum absolute atomic E-state index is 13.1. The van der Waals surface area contributed by atoms with Gasteiger partial charge in [0.1, 0.15) is 23.5 Å². The number of unbranched alkanes of at least 4 members (excludes halogenated alkanes) is 12. The molecule has 1 rings (SSSR count). The first kappa shape index (κ1) is 37.2. The van der Waals surface area contributed by atoms with Crippen molar-refractivity contribution >= 4 is 18.0 Å². The molecule has 8 nitrogen and oxygen atoms in total. The molecule has 0 spiro atoms. The molecule has 0 radical (unpaired) electrons. The summed E-state index contributed by atoms with van der Waals surface area (Å²) in [5.41, 5.74) is -1.63. The third-order valence-electron chi connectivity index (χ3n) is 7.56. The van der Waals surface area contributed by atoms with Crippen LogP contribution < -0.4 is 5.32 Å². The van der Waals surface area contributed by atoms with Crippen LogP contribution in [-0.2, 0) is 23.8 Å². The van der Waals surface area contributed by atoms with Gasteiger partial charge in [0, 0.05) is 19.4 Å². The van der Waals surface area contributed by atoms with E-state index in [-0.39, 0.29) is 24.6 Å². The Morgan fingerprint density at radius 1 is 0.854 bits per heavy atom. The summed E-state index contributed by atoms with van der Waals surface area (Å²) in [5.74, 6) is -0.427. The lowest BCUT2D eigenvalue weighted by Gasteiger charge is -2.34. The third-order valence-corrected chi connectivity index (χ3v) is 7.56. The average molecular weight is 583 g/mol. The zero-order valence-electron chi connectivity index (χ0n) is 27.5. The van der Waals surface area contributed by atoms with Gasteiger partial charge in [0.15, 0.2) is 0 Å². The Morgan fingerprint density at radius 2 is 1.39 bits per heavy atom. The van der Waals surface area contributed by atoms with Gasteiger partial charge in [-0.15, -0.1) is 0 Å². The van der Waals surface area contributed by atoms with Crippen LogP contribution in [0.3, 0.4) is 0 Å². The quantitative estimate of drug-likeness (QED) is 0.109. The van der Waals surface area contributed by atoms with Gasteiger partial charge < -0.3 is 19.5 Å². The molecule has 2 amide bonds. The van der Waals surface area contributed by atoms with Crippen molar-refractivity contribution in [3.05, 3.63) is 0 Å². The van der Waals surface area contributed by atoms with Crippen molar-refractivity contribution in [3.8, 4) is 0 Å². The van der Waals surface area contributed by atoms with E-state index in [0.29, 0.717) is 19.4 Å². The highest BCUT2D eigenvalue weighted by Crippen LogP contribution is 2.29. The molecule has 1 aliphatic rings. The lowest BCUT2D eigenvalue weighted by molar-refractivity contribution is -0.149. The fraction of sp³-hybridized carbons (Fsp3) is 0.909. The van der Waals surface area contributed by atoms with Crippen molar-refractivity contribution in [3.63, 3.8) is 0 Å². The Bertz CT molecular complexity index is 748. The Labute approximate surface area is 251 Å². The third kappa shape index (κ3) is 16.4. The van der Waals surface area contributed by atoms with Crippen molar-refractivity contribution in [1.82, 2.24) is 10.2 Å². The molecule has 41 heavy (non-hydrogen) atoms. The summed E-state index contributed by atoms with van der Waals surface area (Å²) in [7, 11) is 0. The molecule has 0 aromatic carbocycles. The van der Waals surface area contributed by atoms with Crippen LogP contribution in [0.4, 0.5) is 4.79 Å². The van der Waals surface area contributed by atoms with E-state index in [1.165, 1.54) is 69.1 Å². The highest BCUT2D eigenvalue weighted by atomic mass is 16.6. The summed E-state index contributed by atoms with van der Waals surface area (Å²) in [5, 5.41) is 2.95. The smallest absolute Gasteiger partial charge is 0.413 e. The zero-order chi connectivity index (χ0) is 30.7. The Balaban J connectivity index is 2.54. The summed E-state index contributed by atoms with van der Waals surface area (Å²) in [6.45, 7) is 13.8. The van der Waals surface area contributed by atoms with Gasteiger partial charge >= 0.3 is 12.1 Å². The Morgan fingerprint density at radius 3 is 1.95 bits per heavy atom. The van der Waals surface area contributed by atoms with Crippen LogP contribution in [0.2, 0.25) is 0 Å². The molecular weight excluding hydrogens is 520 g/mol. The minimum atomic E-state index is -0.948. The molecular formula is C33H62N2O6. The molecule has 1 N–H and O–H groups in total. The molecule has 240 valence electrons. The number of nitrogens with zero attached hydrogens (tertiary/aromatic N) is 1. The van der Waals surface area contributed by atoms with Crippen LogP contribution in [0.15, 0.2) is 0 Å². The summed E-state index contributed by atoms with van der Waals surface area (Å²) in [6, 6.07) is -0.776. The highest BCUT2D eigenvalue weighted by molar-refractivity contribution is 5.86. The summed E-state index contributed by atoms with van der Waals surface area (Å²) in [6.07, 6.45) is 17.6. The summed E-state index contributed by atoms with van der Waals surface area (Å²) >= 11 is 0. The fourth-order valence-corrected chi connectivity index (χ4v) is 5.19. The average Bonchev–Trinajstić information content (AvgIpc) is 3.21. The highest BCUT2D eigenvalue weighted by Gasteiger charge is 2.48. The normalized spacial score (nSPS) is 17.3. The van der Waals surface area contributed by atoms with E-state index in [4.69, 9.17) is 14.2 Å². The lowest BCUT2D eigenvalue weighted by atomic mass is 10.1. The second kappa shape index (κ2) is 20.1. The molecule has 2 atom stereocenters. The van der Waals surface area contributed by atoms with Gasteiger partial charge in [-0.25, -0.2) is 4.79 Å². The number of nitrogens with one attached hydrogen (secondary N) is 1. The number of carbonyl (C=O) groups is 3.